The summed E-state index contributed by atoms with van der Waals surface area (Å²) in [6.07, 6.45) is 0. The summed E-state index contributed by atoms with van der Waals surface area (Å²) in [6, 6.07) is 5.81. The van der Waals surface area contributed by atoms with E-state index in [-0.39, 0.29) is 0 Å². The van der Waals surface area contributed by atoms with Crippen LogP contribution in [0.15, 0.2) is 18.2 Å². The molecule has 0 saturated heterocycles. The molecule has 0 radical (unpaired) electrons. The Kier molecular flexibility index (Phi) is 3.61. The maximum Gasteiger partial charge on any atom is 0.138 e. The van der Waals surface area contributed by atoms with E-state index in [0.717, 1.165) is 5.75 Å². The van der Waals surface area contributed by atoms with E-state index in [9.17, 15) is 0 Å². The summed E-state index contributed by atoms with van der Waals surface area (Å²) in [4.78, 5) is 0. The van der Waals surface area contributed by atoms with Gasteiger partial charge in [0.15, 0.2) is 0 Å². The predicted octanol–water partition coefficient (Wildman–Crippen LogP) is 3.68. The molecule has 0 aliphatic heterocycles. The summed E-state index contributed by atoms with van der Waals surface area (Å²) >= 11 is 5.95. The van der Waals surface area contributed by atoms with Gasteiger partial charge in [-0.3, -0.25) is 0 Å². The molecular weight excluding hydrogens is 184 g/mol. The molecule has 0 bridgehead atoms. The molecule has 0 N–H and O–H groups in total. The molecule has 1 aromatic rings. The van der Waals surface area contributed by atoms with E-state index in [1.165, 1.54) is 5.56 Å². The van der Waals surface area contributed by atoms with Gasteiger partial charge in [0, 0.05) is 0 Å². The molecular formula is C11H15ClO. The zero-order valence-corrected chi connectivity index (χ0v) is 9.06. The molecule has 0 atom stereocenters. The third kappa shape index (κ3) is 3.27. The highest BCUT2D eigenvalue weighted by atomic mass is 35.5. The third-order valence-corrected chi connectivity index (χ3v) is 1.97. The van der Waals surface area contributed by atoms with E-state index in [1.54, 1.807) is 0 Å². The Hall–Kier alpha value is -0.690. The first-order valence-electron chi connectivity index (χ1n) is 4.48. The van der Waals surface area contributed by atoms with Crippen LogP contribution in [0.3, 0.4) is 0 Å². The first-order valence-corrected chi connectivity index (χ1v) is 4.86. The Labute approximate surface area is 84.7 Å². The fourth-order valence-electron chi connectivity index (χ4n) is 0.978. The van der Waals surface area contributed by atoms with Gasteiger partial charge in [-0.2, -0.15) is 0 Å². The molecule has 0 aliphatic carbocycles. The minimum atomic E-state index is 0.525. The SMILES string of the molecule is Cc1ccc(Cl)c(OCC(C)C)c1. The first kappa shape index (κ1) is 10.4. The molecule has 0 saturated carbocycles. The van der Waals surface area contributed by atoms with E-state index >= 15 is 0 Å². The van der Waals surface area contributed by atoms with Gasteiger partial charge < -0.3 is 4.74 Å². The van der Waals surface area contributed by atoms with Crippen molar-refractivity contribution >= 4 is 11.6 Å². The van der Waals surface area contributed by atoms with Crippen LogP contribution in [0, 0.1) is 12.8 Å². The van der Waals surface area contributed by atoms with Crippen molar-refractivity contribution in [1.82, 2.24) is 0 Å². The first-order chi connectivity index (χ1) is 6.09. The van der Waals surface area contributed by atoms with Crippen LogP contribution in [0.5, 0.6) is 5.75 Å². The number of ether oxygens (including phenoxy) is 1. The average Bonchev–Trinajstić information content (AvgIpc) is 2.06. The van der Waals surface area contributed by atoms with E-state index in [0.29, 0.717) is 17.5 Å². The van der Waals surface area contributed by atoms with Crippen LogP contribution >= 0.6 is 11.6 Å². The highest BCUT2D eigenvalue weighted by Crippen LogP contribution is 2.25. The van der Waals surface area contributed by atoms with Gasteiger partial charge in [-0.1, -0.05) is 31.5 Å². The lowest BCUT2D eigenvalue weighted by Crippen LogP contribution is -2.04. The van der Waals surface area contributed by atoms with Crippen molar-refractivity contribution < 1.29 is 4.74 Å². The molecule has 0 aromatic heterocycles. The molecule has 2 heteroatoms. The maximum atomic E-state index is 5.95. The zero-order chi connectivity index (χ0) is 9.84. The number of hydrogen-bond donors (Lipinski definition) is 0. The average molecular weight is 199 g/mol. The largest absolute Gasteiger partial charge is 0.492 e. The lowest BCUT2D eigenvalue weighted by molar-refractivity contribution is 0.271. The van der Waals surface area contributed by atoms with Crippen LogP contribution in [-0.4, -0.2) is 6.61 Å². The molecule has 0 aliphatic rings. The van der Waals surface area contributed by atoms with Crippen molar-refractivity contribution in [3.8, 4) is 5.75 Å². The summed E-state index contributed by atoms with van der Waals surface area (Å²) in [7, 11) is 0. The van der Waals surface area contributed by atoms with Gasteiger partial charge in [0.05, 0.1) is 11.6 Å². The zero-order valence-electron chi connectivity index (χ0n) is 8.30. The maximum absolute atomic E-state index is 5.95. The van der Waals surface area contributed by atoms with Crippen LogP contribution in [-0.2, 0) is 0 Å². The summed E-state index contributed by atoms with van der Waals surface area (Å²) < 4.78 is 5.55. The Balaban J connectivity index is 2.70. The molecule has 1 aromatic carbocycles. The topological polar surface area (TPSA) is 9.23 Å². The molecule has 1 rings (SSSR count). The molecule has 1 nitrogen and oxygen atoms in total. The van der Waals surface area contributed by atoms with Crippen molar-refractivity contribution in [1.29, 1.82) is 0 Å². The number of hydrogen-bond acceptors (Lipinski definition) is 1. The summed E-state index contributed by atoms with van der Waals surface area (Å²) in [5, 5.41) is 0.686. The van der Waals surface area contributed by atoms with Crippen LogP contribution in [0.4, 0.5) is 0 Å². The van der Waals surface area contributed by atoms with Crippen molar-refractivity contribution in [3.05, 3.63) is 28.8 Å². The molecule has 0 heterocycles. The summed E-state index contributed by atoms with van der Waals surface area (Å²) in [5.74, 6) is 1.31. The van der Waals surface area contributed by atoms with Crippen molar-refractivity contribution in [3.63, 3.8) is 0 Å². The quantitative estimate of drug-likeness (QED) is 0.720. The minimum absolute atomic E-state index is 0.525. The van der Waals surface area contributed by atoms with Crippen LogP contribution in [0.25, 0.3) is 0 Å². The standard InChI is InChI=1S/C11H15ClO/c1-8(2)7-13-11-6-9(3)4-5-10(11)12/h4-6,8H,7H2,1-3H3. The van der Waals surface area contributed by atoms with Gasteiger partial charge in [0.25, 0.3) is 0 Å². The van der Waals surface area contributed by atoms with Gasteiger partial charge in [-0.25, -0.2) is 0 Å². The van der Waals surface area contributed by atoms with Gasteiger partial charge >= 0.3 is 0 Å². The summed E-state index contributed by atoms with van der Waals surface area (Å²) in [6.45, 7) is 6.97. The molecule has 72 valence electrons. The predicted molar refractivity (Wildman–Crippen MR) is 56.5 cm³/mol. The second kappa shape index (κ2) is 4.52. The van der Waals surface area contributed by atoms with E-state index < -0.39 is 0 Å². The minimum Gasteiger partial charge on any atom is -0.492 e. The van der Waals surface area contributed by atoms with Crippen molar-refractivity contribution in [2.75, 3.05) is 6.61 Å². The smallest absolute Gasteiger partial charge is 0.138 e. The third-order valence-electron chi connectivity index (χ3n) is 1.66. The number of aryl methyl sites for hydroxylation is 1. The lowest BCUT2D eigenvalue weighted by Gasteiger charge is -2.10. The van der Waals surface area contributed by atoms with Crippen LogP contribution in [0.2, 0.25) is 5.02 Å². The Bertz CT molecular complexity index is 281. The highest BCUT2D eigenvalue weighted by molar-refractivity contribution is 6.32. The van der Waals surface area contributed by atoms with Crippen molar-refractivity contribution in [2.24, 2.45) is 5.92 Å². The molecule has 0 amide bonds. The number of benzene rings is 1. The van der Waals surface area contributed by atoms with E-state index in [4.69, 9.17) is 16.3 Å². The van der Waals surface area contributed by atoms with Gasteiger partial charge in [0.1, 0.15) is 5.75 Å². The van der Waals surface area contributed by atoms with Gasteiger partial charge in [-0.15, -0.1) is 0 Å². The second-order valence-corrected chi connectivity index (χ2v) is 4.05. The Morgan fingerprint density at radius 3 is 2.69 bits per heavy atom. The van der Waals surface area contributed by atoms with E-state index in [2.05, 4.69) is 13.8 Å². The van der Waals surface area contributed by atoms with Crippen LogP contribution < -0.4 is 4.74 Å². The monoisotopic (exact) mass is 198 g/mol. The number of halogens is 1. The Morgan fingerprint density at radius 1 is 1.38 bits per heavy atom. The lowest BCUT2D eigenvalue weighted by atomic mass is 10.2. The molecule has 13 heavy (non-hydrogen) atoms. The molecule has 0 unspecified atom stereocenters. The second-order valence-electron chi connectivity index (χ2n) is 3.64. The fourth-order valence-corrected chi connectivity index (χ4v) is 1.15. The van der Waals surface area contributed by atoms with E-state index in [1.807, 2.05) is 25.1 Å². The van der Waals surface area contributed by atoms with Gasteiger partial charge in [0.2, 0.25) is 0 Å². The normalized spacial score (nSPS) is 10.5. The van der Waals surface area contributed by atoms with Gasteiger partial charge in [-0.05, 0) is 30.5 Å². The highest BCUT2D eigenvalue weighted by Gasteiger charge is 2.02. The number of rotatable bonds is 3. The molecule has 0 fully saturated rings. The Morgan fingerprint density at radius 2 is 2.08 bits per heavy atom. The summed E-state index contributed by atoms with van der Waals surface area (Å²) in [5.41, 5.74) is 1.17. The fraction of sp³-hybridized carbons (Fsp3) is 0.455. The molecule has 0 spiro atoms. The van der Waals surface area contributed by atoms with Crippen LogP contribution in [0.1, 0.15) is 19.4 Å². The van der Waals surface area contributed by atoms with Crippen molar-refractivity contribution in [2.45, 2.75) is 20.8 Å².